The van der Waals surface area contributed by atoms with Gasteiger partial charge in [-0.3, -0.25) is 20.2 Å². The highest BCUT2D eigenvalue weighted by Gasteiger charge is 2.26. The van der Waals surface area contributed by atoms with Crippen LogP contribution in [0.15, 0.2) is 60.2 Å². The van der Waals surface area contributed by atoms with Crippen LogP contribution >= 0.6 is 47.0 Å². The average molecular weight is 534 g/mol. The summed E-state index contributed by atoms with van der Waals surface area (Å²) in [7, 11) is 0. The first-order valence-corrected chi connectivity index (χ1v) is 11.3. The van der Waals surface area contributed by atoms with Crippen LogP contribution in [-0.2, 0) is 16.2 Å². The van der Waals surface area contributed by atoms with Gasteiger partial charge in [0.05, 0.1) is 10.0 Å². The van der Waals surface area contributed by atoms with E-state index < -0.39 is 11.8 Å². The molecule has 0 bridgehead atoms. The number of nitrogens with one attached hydrogen (secondary N) is 2. The first-order chi connectivity index (χ1) is 16.2. The van der Waals surface area contributed by atoms with Crippen LogP contribution in [0.25, 0.3) is 17.2 Å². The van der Waals surface area contributed by atoms with Crippen molar-refractivity contribution in [3.8, 4) is 22.6 Å². The van der Waals surface area contributed by atoms with Crippen molar-refractivity contribution in [2.75, 3.05) is 0 Å². The molecule has 3 N–H and O–H groups in total. The maximum Gasteiger partial charge on any atom is 0.263 e. The summed E-state index contributed by atoms with van der Waals surface area (Å²) in [6.07, 6.45) is 1.43. The van der Waals surface area contributed by atoms with Gasteiger partial charge in [0.15, 0.2) is 10.9 Å². The fourth-order valence-corrected chi connectivity index (χ4v) is 4.03. The molecule has 1 aliphatic heterocycles. The van der Waals surface area contributed by atoms with Gasteiger partial charge in [0.1, 0.15) is 17.9 Å². The molecule has 6 nitrogen and oxygen atoms in total. The maximum atomic E-state index is 12.3. The number of hydrogen-bond donors (Lipinski definition) is 3. The van der Waals surface area contributed by atoms with E-state index in [1.807, 2.05) is 12.1 Å². The van der Waals surface area contributed by atoms with Crippen molar-refractivity contribution in [2.45, 2.75) is 6.61 Å². The summed E-state index contributed by atoms with van der Waals surface area (Å²) in [6.45, 7) is 0.288. The molecule has 10 heteroatoms. The fraction of sp³-hybridized carbons (Fsp3) is 0.0417. The molecule has 3 aromatic rings. The number of phenols is 1. The molecular formula is C24H15Cl3N2O4S. The number of carbonyl (C=O) groups excluding carboxylic acids is 2. The van der Waals surface area contributed by atoms with Crippen molar-refractivity contribution in [1.82, 2.24) is 10.6 Å². The molecule has 1 fully saturated rings. The number of rotatable bonds is 5. The van der Waals surface area contributed by atoms with Crippen LogP contribution in [0.2, 0.25) is 15.1 Å². The summed E-state index contributed by atoms with van der Waals surface area (Å²) < 4.78 is 5.92. The quantitative estimate of drug-likeness (QED) is 0.229. The van der Waals surface area contributed by atoms with Crippen molar-refractivity contribution in [3.05, 3.63) is 86.4 Å². The molecule has 172 valence electrons. The number of carbonyl (C=O) groups is 2. The minimum Gasteiger partial charge on any atom is -0.505 e. The Bertz CT molecular complexity index is 1310. The monoisotopic (exact) mass is 532 g/mol. The first kappa shape index (κ1) is 24.0. The Hall–Kier alpha value is -3.10. The topological polar surface area (TPSA) is 87.7 Å². The molecule has 3 aromatic carbocycles. The predicted octanol–water partition coefficient (Wildman–Crippen LogP) is 5.51. The molecule has 0 spiro atoms. The zero-order valence-electron chi connectivity index (χ0n) is 17.2. The van der Waals surface area contributed by atoms with Crippen LogP contribution in [0.1, 0.15) is 11.1 Å². The van der Waals surface area contributed by atoms with E-state index >= 15 is 0 Å². The second-order valence-corrected chi connectivity index (χ2v) is 8.91. The Morgan fingerprint density at radius 3 is 2.15 bits per heavy atom. The summed E-state index contributed by atoms with van der Waals surface area (Å²) in [5.41, 5.74) is 2.42. The Morgan fingerprint density at radius 1 is 0.912 bits per heavy atom. The van der Waals surface area contributed by atoms with E-state index in [2.05, 4.69) is 10.6 Å². The molecule has 1 heterocycles. The standard InChI is InChI=1S/C24H15Cl3N2O4S/c25-15-4-1-12(2-5-15)11-33-16-6-3-13(7-18-22(31)28-24(34)29-23(18)32)17(10-16)14-8-19(26)21(30)20(27)9-14/h1-10,30H,11H2,(H2,28,29,31,32,34). The van der Waals surface area contributed by atoms with Crippen molar-refractivity contribution in [2.24, 2.45) is 0 Å². The lowest BCUT2D eigenvalue weighted by molar-refractivity contribution is -0.123. The molecular weight excluding hydrogens is 519 g/mol. The number of hydrogen-bond acceptors (Lipinski definition) is 5. The molecule has 0 atom stereocenters. The fourth-order valence-electron chi connectivity index (χ4n) is 3.23. The summed E-state index contributed by atoms with van der Waals surface area (Å²) in [4.78, 5) is 24.7. The predicted molar refractivity (Wildman–Crippen MR) is 136 cm³/mol. The van der Waals surface area contributed by atoms with Gasteiger partial charge in [-0.1, -0.05) is 53.0 Å². The number of phenolic OH excluding ortho intramolecular Hbond substituents is 1. The van der Waals surface area contributed by atoms with Crippen molar-refractivity contribution in [3.63, 3.8) is 0 Å². The number of halogens is 3. The number of aromatic hydroxyl groups is 1. The Kier molecular flexibility index (Phi) is 7.09. The minimum absolute atomic E-state index is 0.0482. The summed E-state index contributed by atoms with van der Waals surface area (Å²) in [5.74, 6) is -0.970. The van der Waals surface area contributed by atoms with Gasteiger partial charge in [0.25, 0.3) is 11.8 Å². The number of amides is 2. The van der Waals surface area contributed by atoms with Crippen LogP contribution in [0.3, 0.4) is 0 Å². The van der Waals surface area contributed by atoms with E-state index in [1.54, 1.807) is 30.3 Å². The lowest BCUT2D eigenvalue weighted by atomic mass is 9.96. The van der Waals surface area contributed by atoms with Crippen LogP contribution in [0, 0.1) is 0 Å². The van der Waals surface area contributed by atoms with Crippen molar-refractivity contribution >= 4 is 70.0 Å². The van der Waals surface area contributed by atoms with Gasteiger partial charge in [-0.05, 0) is 76.9 Å². The SMILES string of the molecule is O=C1NC(=S)NC(=O)C1=Cc1ccc(OCc2ccc(Cl)cc2)cc1-c1cc(Cl)c(O)c(Cl)c1. The molecule has 0 saturated carbocycles. The summed E-state index contributed by atoms with van der Waals surface area (Å²) in [6, 6.07) is 15.4. The van der Waals surface area contributed by atoms with Crippen LogP contribution in [-0.4, -0.2) is 22.0 Å². The number of benzene rings is 3. The van der Waals surface area contributed by atoms with Crippen molar-refractivity contribution < 1.29 is 19.4 Å². The largest absolute Gasteiger partial charge is 0.505 e. The van der Waals surface area contributed by atoms with Gasteiger partial charge in [0.2, 0.25) is 0 Å². The molecule has 0 radical (unpaired) electrons. The second-order valence-electron chi connectivity index (χ2n) is 7.25. The first-order valence-electron chi connectivity index (χ1n) is 9.79. The number of thiocarbonyl (C=S) groups is 1. The third-order valence-corrected chi connectivity index (χ3v) is 5.95. The number of ether oxygens (including phenoxy) is 1. The van der Waals surface area contributed by atoms with Crippen LogP contribution in [0.5, 0.6) is 11.5 Å². The van der Waals surface area contributed by atoms with Crippen LogP contribution < -0.4 is 15.4 Å². The van der Waals surface area contributed by atoms with Crippen LogP contribution in [0.4, 0.5) is 0 Å². The van der Waals surface area contributed by atoms with Crippen molar-refractivity contribution in [1.29, 1.82) is 0 Å². The molecule has 0 aliphatic carbocycles. The summed E-state index contributed by atoms with van der Waals surface area (Å²) in [5, 5.41) is 15.4. The Morgan fingerprint density at radius 2 is 1.53 bits per heavy atom. The molecule has 0 aromatic heterocycles. The van der Waals surface area contributed by atoms with E-state index in [9.17, 15) is 14.7 Å². The smallest absolute Gasteiger partial charge is 0.263 e. The second kappa shape index (κ2) is 10.0. The maximum absolute atomic E-state index is 12.3. The zero-order valence-corrected chi connectivity index (χ0v) is 20.3. The minimum atomic E-state index is -0.621. The Balaban J connectivity index is 1.75. The summed E-state index contributed by atoms with van der Waals surface area (Å²) >= 11 is 23.0. The van der Waals surface area contributed by atoms with Gasteiger partial charge in [-0.15, -0.1) is 0 Å². The lowest BCUT2D eigenvalue weighted by Crippen LogP contribution is -2.51. The third-order valence-electron chi connectivity index (χ3n) is 4.91. The zero-order chi connectivity index (χ0) is 24.4. The molecule has 2 amide bonds. The molecule has 34 heavy (non-hydrogen) atoms. The molecule has 1 aliphatic rings. The van der Waals surface area contributed by atoms with Gasteiger partial charge in [-0.2, -0.15) is 0 Å². The lowest BCUT2D eigenvalue weighted by Gasteiger charge is -2.17. The molecule has 0 unspecified atom stereocenters. The Labute approximate surface area is 215 Å². The van der Waals surface area contributed by atoms with E-state index in [-0.39, 0.29) is 33.1 Å². The normalized spacial score (nSPS) is 13.4. The third kappa shape index (κ3) is 5.34. The average Bonchev–Trinajstić information content (AvgIpc) is 2.79. The highest BCUT2D eigenvalue weighted by molar-refractivity contribution is 7.80. The van der Waals surface area contributed by atoms with E-state index in [0.29, 0.717) is 27.5 Å². The molecule has 1 saturated heterocycles. The van der Waals surface area contributed by atoms with E-state index in [0.717, 1.165) is 5.56 Å². The van der Waals surface area contributed by atoms with Gasteiger partial charge in [-0.25, -0.2) is 0 Å². The van der Waals surface area contributed by atoms with E-state index in [4.69, 9.17) is 51.8 Å². The van der Waals surface area contributed by atoms with Gasteiger partial charge >= 0.3 is 0 Å². The van der Waals surface area contributed by atoms with Gasteiger partial charge in [0, 0.05) is 5.02 Å². The highest BCUT2D eigenvalue weighted by atomic mass is 35.5. The van der Waals surface area contributed by atoms with Gasteiger partial charge < -0.3 is 9.84 Å². The molecule has 4 rings (SSSR count). The highest BCUT2D eigenvalue weighted by Crippen LogP contribution is 2.39. The van der Waals surface area contributed by atoms with E-state index in [1.165, 1.54) is 18.2 Å².